The number of nitrogens with zero attached hydrogens (tertiary/aromatic N) is 2. The van der Waals surface area contributed by atoms with Crippen LogP contribution in [-0.2, 0) is 13.5 Å². The SMILES string of the molecule is CCc1nn(C)c2cc(C(C)O)ccc12. The molecule has 15 heavy (non-hydrogen) atoms. The zero-order chi connectivity index (χ0) is 11.0. The van der Waals surface area contributed by atoms with Crippen LogP contribution in [0.3, 0.4) is 0 Å². The van der Waals surface area contributed by atoms with E-state index in [2.05, 4.69) is 12.0 Å². The average molecular weight is 204 g/mol. The van der Waals surface area contributed by atoms with E-state index in [0.717, 1.165) is 23.2 Å². The number of fused-ring (bicyclic) bond motifs is 1. The molecule has 0 radical (unpaired) electrons. The highest BCUT2D eigenvalue weighted by Crippen LogP contribution is 2.22. The predicted molar refractivity (Wildman–Crippen MR) is 60.7 cm³/mol. The van der Waals surface area contributed by atoms with Crippen LogP contribution in [0.5, 0.6) is 0 Å². The molecule has 1 heterocycles. The van der Waals surface area contributed by atoms with E-state index in [4.69, 9.17) is 0 Å². The predicted octanol–water partition coefficient (Wildman–Crippen LogP) is 2.19. The first kappa shape index (κ1) is 10.2. The molecular weight excluding hydrogens is 188 g/mol. The van der Waals surface area contributed by atoms with Crippen molar-refractivity contribution < 1.29 is 5.11 Å². The summed E-state index contributed by atoms with van der Waals surface area (Å²) in [5, 5.41) is 15.1. The third-order valence-corrected chi connectivity index (χ3v) is 2.77. The number of aliphatic hydroxyl groups excluding tert-OH is 1. The molecule has 2 aromatic rings. The fourth-order valence-corrected chi connectivity index (χ4v) is 1.87. The van der Waals surface area contributed by atoms with Crippen LogP contribution >= 0.6 is 0 Å². The average Bonchev–Trinajstić information content (AvgIpc) is 2.55. The maximum absolute atomic E-state index is 9.51. The monoisotopic (exact) mass is 204 g/mol. The van der Waals surface area contributed by atoms with Gasteiger partial charge in [-0.15, -0.1) is 0 Å². The topological polar surface area (TPSA) is 38.0 Å². The Hall–Kier alpha value is -1.35. The Kier molecular flexibility index (Phi) is 2.49. The number of aliphatic hydroxyl groups is 1. The van der Waals surface area contributed by atoms with Crippen LogP contribution in [0, 0.1) is 0 Å². The third kappa shape index (κ3) is 1.63. The Morgan fingerprint density at radius 3 is 2.80 bits per heavy atom. The lowest BCUT2D eigenvalue weighted by Crippen LogP contribution is -1.93. The summed E-state index contributed by atoms with van der Waals surface area (Å²) in [6.07, 6.45) is 0.514. The van der Waals surface area contributed by atoms with Gasteiger partial charge >= 0.3 is 0 Å². The van der Waals surface area contributed by atoms with Crippen molar-refractivity contribution in [2.75, 3.05) is 0 Å². The van der Waals surface area contributed by atoms with Crippen molar-refractivity contribution >= 4 is 10.9 Å². The van der Waals surface area contributed by atoms with E-state index in [-0.39, 0.29) is 0 Å². The zero-order valence-electron chi connectivity index (χ0n) is 9.36. The molecule has 0 aliphatic carbocycles. The molecule has 0 aliphatic rings. The lowest BCUT2D eigenvalue weighted by molar-refractivity contribution is 0.199. The summed E-state index contributed by atoms with van der Waals surface area (Å²) in [6.45, 7) is 3.88. The Morgan fingerprint density at radius 1 is 1.47 bits per heavy atom. The van der Waals surface area contributed by atoms with Gasteiger partial charge in [-0.2, -0.15) is 5.10 Å². The van der Waals surface area contributed by atoms with Crippen molar-refractivity contribution in [3.05, 3.63) is 29.5 Å². The van der Waals surface area contributed by atoms with Gasteiger partial charge < -0.3 is 5.11 Å². The van der Waals surface area contributed by atoms with Crippen LogP contribution < -0.4 is 0 Å². The summed E-state index contributed by atoms with van der Waals surface area (Å²) >= 11 is 0. The van der Waals surface area contributed by atoms with Crippen LogP contribution in [0.4, 0.5) is 0 Å². The first-order valence-corrected chi connectivity index (χ1v) is 5.27. The van der Waals surface area contributed by atoms with Crippen molar-refractivity contribution in [3.63, 3.8) is 0 Å². The minimum atomic E-state index is -0.422. The lowest BCUT2D eigenvalue weighted by atomic mass is 10.1. The van der Waals surface area contributed by atoms with Crippen LogP contribution in [-0.4, -0.2) is 14.9 Å². The first-order valence-electron chi connectivity index (χ1n) is 5.27. The van der Waals surface area contributed by atoms with Crippen LogP contribution in [0.15, 0.2) is 18.2 Å². The second-order valence-corrected chi connectivity index (χ2v) is 3.88. The van der Waals surface area contributed by atoms with Gasteiger partial charge in [0.1, 0.15) is 0 Å². The number of aryl methyl sites for hydroxylation is 2. The van der Waals surface area contributed by atoms with Gasteiger partial charge in [0.2, 0.25) is 0 Å². The van der Waals surface area contributed by atoms with Gasteiger partial charge in [-0.3, -0.25) is 4.68 Å². The highest BCUT2D eigenvalue weighted by atomic mass is 16.3. The molecule has 80 valence electrons. The molecule has 0 saturated heterocycles. The second kappa shape index (κ2) is 3.66. The molecule has 1 aromatic heterocycles. The summed E-state index contributed by atoms with van der Waals surface area (Å²) in [4.78, 5) is 0. The molecule has 0 bridgehead atoms. The van der Waals surface area contributed by atoms with E-state index in [9.17, 15) is 5.11 Å². The Balaban J connectivity index is 2.66. The van der Waals surface area contributed by atoms with Crippen LogP contribution in [0.25, 0.3) is 10.9 Å². The zero-order valence-corrected chi connectivity index (χ0v) is 9.36. The second-order valence-electron chi connectivity index (χ2n) is 3.88. The third-order valence-electron chi connectivity index (χ3n) is 2.77. The molecule has 3 nitrogen and oxygen atoms in total. The number of rotatable bonds is 2. The highest BCUT2D eigenvalue weighted by Gasteiger charge is 2.09. The number of aromatic nitrogens is 2. The molecule has 2 rings (SSSR count). The molecule has 1 unspecified atom stereocenters. The fourth-order valence-electron chi connectivity index (χ4n) is 1.87. The van der Waals surface area contributed by atoms with E-state index >= 15 is 0 Å². The summed E-state index contributed by atoms with van der Waals surface area (Å²) in [5.41, 5.74) is 3.14. The maximum atomic E-state index is 9.51. The lowest BCUT2D eigenvalue weighted by Gasteiger charge is -2.04. The number of hydrogen-bond acceptors (Lipinski definition) is 2. The largest absolute Gasteiger partial charge is 0.389 e. The van der Waals surface area contributed by atoms with E-state index in [1.165, 1.54) is 5.39 Å². The normalized spacial score (nSPS) is 13.3. The summed E-state index contributed by atoms with van der Waals surface area (Å²) < 4.78 is 1.88. The van der Waals surface area contributed by atoms with Crippen molar-refractivity contribution in [3.8, 4) is 0 Å². The Morgan fingerprint density at radius 2 is 2.20 bits per heavy atom. The van der Waals surface area contributed by atoms with Crippen molar-refractivity contribution in [2.24, 2.45) is 7.05 Å². The van der Waals surface area contributed by atoms with Gasteiger partial charge in [-0.1, -0.05) is 19.1 Å². The molecule has 1 aromatic carbocycles. The van der Waals surface area contributed by atoms with E-state index in [1.54, 1.807) is 6.92 Å². The Labute approximate surface area is 89.3 Å². The van der Waals surface area contributed by atoms with Crippen molar-refractivity contribution in [1.82, 2.24) is 9.78 Å². The highest BCUT2D eigenvalue weighted by molar-refractivity contribution is 5.82. The van der Waals surface area contributed by atoms with Gasteiger partial charge in [-0.25, -0.2) is 0 Å². The first-order chi connectivity index (χ1) is 7.13. The van der Waals surface area contributed by atoms with E-state index < -0.39 is 6.10 Å². The minimum Gasteiger partial charge on any atom is -0.389 e. The van der Waals surface area contributed by atoms with Crippen LogP contribution in [0.2, 0.25) is 0 Å². The van der Waals surface area contributed by atoms with Gasteiger partial charge in [-0.05, 0) is 25.0 Å². The summed E-state index contributed by atoms with van der Waals surface area (Å²) in [5.74, 6) is 0. The maximum Gasteiger partial charge on any atom is 0.0762 e. The molecule has 1 atom stereocenters. The molecule has 3 heteroatoms. The fraction of sp³-hybridized carbons (Fsp3) is 0.417. The van der Waals surface area contributed by atoms with Gasteiger partial charge in [0.05, 0.1) is 17.3 Å². The van der Waals surface area contributed by atoms with Crippen molar-refractivity contribution in [2.45, 2.75) is 26.4 Å². The van der Waals surface area contributed by atoms with Crippen molar-refractivity contribution in [1.29, 1.82) is 0 Å². The molecule has 0 saturated carbocycles. The molecule has 0 aliphatic heterocycles. The number of hydrogen-bond donors (Lipinski definition) is 1. The van der Waals surface area contributed by atoms with Gasteiger partial charge in [0.25, 0.3) is 0 Å². The molecule has 0 fully saturated rings. The standard InChI is InChI=1S/C12H16N2O/c1-4-11-10-6-5-9(8(2)15)7-12(10)14(3)13-11/h5-8,15H,4H2,1-3H3. The minimum absolute atomic E-state index is 0.422. The van der Waals surface area contributed by atoms with Gasteiger partial charge in [0, 0.05) is 12.4 Å². The number of benzene rings is 1. The smallest absolute Gasteiger partial charge is 0.0762 e. The molecular formula is C12H16N2O. The van der Waals surface area contributed by atoms with Crippen LogP contribution in [0.1, 0.15) is 31.2 Å². The Bertz CT molecular complexity index is 486. The molecule has 1 N–H and O–H groups in total. The summed E-state index contributed by atoms with van der Waals surface area (Å²) in [7, 11) is 1.94. The molecule has 0 spiro atoms. The van der Waals surface area contributed by atoms with E-state index in [0.29, 0.717) is 0 Å². The van der Waals surface area contributed by atoms with Gasteiger partial charge in [0.15, 0.2) is 0 Å². The van der Waals surface area contributed by atoms with E-state index in [1.807, 2.05) is 29.9 Å². The molecule has 0 amide bonds. The summed E-state index contributed by atoms with van der Waals surface area (Å²) in [6, 6.07) is 6.02. The quantitative estimate of drug-likeness (QED) is 0.814.